The maximum absolute atomic E-state index is 12.5. The normalized spacial score (nSPS) is 12.1. The Morgan fingerprint density at radius 2 is 1.40 bits per heavy atom. The highest BCUT2D eigenvalue weighted by Crippen LogP contribution is 2.22. The first-order chi connectivity index (χ1) is 16.8. The summed E-state index contributed by atoms with van der Waals surface area (Å²) in [5.41, 5.74) is 3.06. The fourth-order valence-corrected chi connectivity index (χ4v) is 4.13. The summed E-state index contributed by atoms with van der Waals surface area (Å²) < 4.78 is 33.2. The number of hydrogen-bond donors (Lipinski definition) is 3. The molecule has 0 fully saturated rings. The van der Waals surface area contributed by atoms with Gasteiger partial charge in [0.1, 0.15) is 11.5 Å². The predicted octanol–water partition coefficient (Wildman–Crippen LogP) is 2.58. The van der Waals surface area contributed by atoms with Crippen molar-refractivity contribution < 1.29 is 22.7 Å². The molecule has 0 radical (unpaired) electrons. The molecule has 0 saturated carbocycles. The Balaban J connectivity index is 1.56. The maximum Gasteiger partial charge on any atom is 0.238 e. The number of nitrogens with two attached hydrogens (primary N) is 1. The quantitative estimate of drug-likeness (QED) is 0.354. The summed E-state index contributed by atoms with van der Waals surface area (Å²) in [5.74, 6) is 1.44. The molecule has 0 aliphatic rings. The molecule has 0 bridgehead atoms. The van der Waals surface area contributed by atoms with Crippen LogP contribution in [0.1, 0.15) is 22.7 Å². The van der Waals surface area contributed by atoms with Crippen molar-refractivity contribution in [2.75, 3.05) is 27.3 Å². The van der Waals surface area contributed by atoms with Crippen LogP contribution in [0.2, 0.25) is 0 Å². The molecule has 3 aromatic carbocycles. The summed E-state index contributed by atoms with van der Waals surface area (Å²) in [7, 11) is -0.454. The first-order valence-electron chi connectivity index (χ1n) is 11.2. The molecule has 0 aliphatic carbocycles. The van der Waals surface area contributed by atoms with Crippen molar-refractivity contribution in [1.82, 2.24) is 10.6 Å². The largest absolute Gasteiger partial charge is 0.497 e. The van der Waals surface area contributed by atoms with Gasteiger partial charge < -0.3 is 20.1 Å². The van der Waals surface area contributed by atoms with E-state index in [2.05, 4.69) is 10.6 Å². The van der Waals surface area contributed by atoms with Gasteiger partial charge in [0.25, 0.3) is 0 Å². The van der Waals surface area contributed by atoms with Crippen LogP contribution in [0.3, 0.4) is 0 Å². The van der Waals surface area contributed by atoms with Crippen molar-refractivity contribution in [3.63, 3.8) is 0 Å². The molecule has 0 aliphatic heterocycles. The standard InChI is InChI=1S/C26H31N3O5S/c1-33-22-9-3-20(4-10-22)17-25(21-7-11-23(34-2)12-8-21)29-18-26(30)28-16-15-19-5-13-24(14-6-19)35(27,31)32/h3-14,25,29H,15-18H2,1-2H3,(H,28,30)(H2,27,31,32). The zero-order chi connectivity index (χ0) is 25.3. The average molecular weight is 498 g/mol. The number of ether oxygens (including phenoxy) is 2. The van der Waals surface area contributed by atoms with E-state index < -0.39 is 10.0 Å². The first kappa shape index (κ1) is 26.2. The van der Waals surface area contributed by atoms with E-state index >= 15 is 0 Å². The minimum Gasteiger partial charge on any atom is -0.497 e. The summed E-state index contributed by atoms with van der Waals surface area (Å²) in [5, 5.41) is 11.4. The van der Waals surface area contributed by atoms with Crippen LogP contribution in [-0.2, 0) is 27.7 Å². The van der Waals surface area contributed by atoms with Gasteiger partial charge in [-0.1, -0.05) is 36.4 Å². The predicted molar refractivity (Wildman–Crippen MR) is 135 cm³/mol. The highest BCUT2D eigenvalue weighted by atomic mass is 32.2. The van der Waals surface area contributed by atoms with Gasteiger partial charge >= 0.3 is 0 Å². The van der Waals surface area contributed by atoms with E-state index in [9.17, 15) is 13.2 Å². The molecule has 3 rings (SSSR count). The van der Waals surface area contributed by atoms with Crippen LogP contribution >= 0.6 is 0 Å². The highest BCUT2D eigenvalue weighted by Gasteiger charge is 2.14. The molecular formula is C26H31N3O5S. The number of amides is 1. The Bertz CT molecular complexity index is 1200. The van der Waals surface area contributed by atoms with E-state index in [0.717, 1.165) is 28.2 Å². The number of nitrogens with one attached hydrogen (secondary N) is 2. The Morgan fingerprint density at radius 1 is 0.857 bits per heavy atom. The highest BCUT2D eigenvalue weighted by molar-refractivity contribution is 7.89. The topological polar surface area (TPSA) is 120 Å². The van der Waals surface area contributed by atoms with Crippen LogP contribution in [0.4, 0.5) is 0 Å². The second-order valence-electron chi connectivity index (χ2n) is 8.05. The van der Waals surface area contributed by atoms with Crippen molar-refractivity contribution in [2.24, 2.45) is 5.14 Å². The molecule has 0 heterocycles. The molecule has 1 atom stereocenters. The lowest BCUT2D eigenvalue weighted by atomic mass is 9.98. The molecule has 9 heteroatoms. The first-order valence-corrected chi connectivity index (χ1v) is 12.7. The minimum atomic E-state index is -3.71. The van der Waals surface area contributed by atoms with Crippen molar-refractivity contribution in [3.8, 4) is 11.5 Å². The van der Waals surface area contributed by atoms with Crippen LogP contribution < -0.4 is 25.2 Å². The molecule has 4 N–H and O–H groups in total. The second kappa shape index (κ2) is 12.3. The summed E-state index contributed by atoms with van der Waals surface area (Å²) in [6.07, 6.45) is 1.27. The third-order valence-corrected chi connectivity index (χ3v) is 6.54. The molecule has 0 spiro atoms. The number of sulfonamides is 1. The van der Waals surface area contributed by atoms with Gasteiger partial charge in [0.2, 0.25) is 15.9 Å². The minimum absolute atomic E-state index is 0.0657. The molecule has 0 saturated heterocycles. The number of rotatable bonds is 12. The zero-order valence-corrected chi connectivity index (χ0v) is 20.7. The number of primary sulfonamides is 1. The maximum atomic E-state index is 12.5. The monoisotopic (exact) mass is 497 g/mol. The lowest BCUT2D eigenvalue weighted by Gasteiger charge is -2.20. The average Bonchev–Trinajstić information content (AvgIpc) is 2.87. The number of carbonyl (C=O) groups is 1. The van der Waals surface area contributed by atoms with Crippen molar-refractivity contribution in [2.45, 2.75) is 23.8 Å². The van der Waals surface area contributed by atoms with Crippen molar-refractivity contribution in [1.29, 1.82) is 0 Å². The van der Waals surface area contributed by atoms with Gasteiger partial charge in [0, 0.05) is 12.6 Å². The smallest absolute Gasteiger partial charge is 0.238 e. The zero-order valence-electron chi connectivity index (χ0n) is 19.9. The molecule has 0 aromatic heterocycles. The van der Waals surface area contributed by atoms with Crippen LogP contribution in [0.25, 0.3) is 0 Å². The molecule has 1 unspecified atom stereocenters. The number of carbonyl (C=O) groups excluding carboxylic acids is 1. The molecule has 3 aromatic rings. The van der Waals surface area contributed by atoms with Crippen LogP contribution in [0.15, 0.2) is 77.7 Å². The summed E-state index contributed by atoms with van der Waals surface area (Å²) in [6, 6.07) is 21.9. The summed E-state index contributed by atoms with van der Waals surface area (Å²) in [6.45, 7) is 0.581. The SMILES string of the molecule is COc1ccc(CC(NCC(=O)NCCc2ccc(S(N)(=O)=O)cc2)c2ccc(OC)cc2)cc1. The summed E-state index contributed by atoms with van der Waals surface area (Å²) in [4.78, 5) is 12.6. The third-order valence-electron chi connectivity index (χ3n) is 5.61. The Kier molecular flexibility index (Phi) is 9.25. The van der Waals surface area contributed by atoms with Crippen LogP contribution in [0.5, 0.6) is 11.5 Å². The molecule has 186 valence electrons. The van der Waals surface area contributed by atoms with Gasteiger partial charge in [-0.25, -0.2) is 13.6 Å². The molecular weight excluding hydrogens is 466 g/mol. The molecule has 1 amide bonds. The van der Waals surface area contributed by atoms with Crippen LogP contribution in [-0.4, -0.2) is 41.6 Å². The number of methoxy groups -OCH3 is 2. The van der Waals surface area contributed by atoms with Gasteiger partial charge in [-0.2, -0.15) is 0 Å². The van der Waals surface area contributed by atoms with Gasteiger partial charge in [-0.15, -0.1) is 0 Å². The Hall–Kier alpha value is -3.40. The lowest BCUT2D eigenvalue weighted by molar-refractivity contribution is -0.120. The number of benzene rings is 3. The fourth-order valence-electron chi connectivity index (χ4n) is 3.61. The molecule has 8 nitrogen and oxygen atoms in total. The second-order valence-corrected chi connectivity index (χ2v) is 9.61. The van der Waals surface area contributed by atoms with Gasteiger partial charge in [-0.05, 0) is 65.9 Å². The Labute approximate surface area is 206 Å². The van der Waals surface area contributed by atoms with E-state index in [1.54, 1.807) is 26.4 Å². The lowest BCUT2D eigenvalue weighted by Crippen LogP contribution is -2.37. The van der Waals surface area contributed by atoms with E-state index in [1.807, 2.05) is 48.5 Å². The van der Waals surface area contributed by atoms with Crippen molar-refractivity contribution in [3.05, 3.63) is 89.5 Å². The third kappa shape index (κ3) is 8.10. The van der Waals surface area contributed by atoms with Gasteiger partial charge in [0.15, 0.2) is 0 Å². The van der Waals surface area contributed by atoms with Crippen LogP contribution in [0, 0.1) is 0 Å². The van der Waals surface area contributed by atoms with E-state index in [4.69, 9.17) is 14.6 Å². The molecule has 35 heavy (non-hydrogen) atoms. The Morgan fingerprint density at radius 3 is 1.94 bits per heavy atom. The van der Waals surface area contributed by atoms with Gasteiger partial charge in [-0.3, -0.25) is 4.79 Å². The van der Waals surface area contributed by atoms with Gasteiger partial charge in [0.05, 0.1) is 25.7 Å². The fraction of sp³-hybridized carbons (Fsp3) is 0.269. The van der Waals surface area contributed by atoms with E-state index in [1.165, 1.54) is 12.1 Å². The summed E-state index contributed by atoms with van der Waals surface area (Å²) >= 11 is 0. The van der Waals surface area contributed by atoms with Crippen molar-refractivity contribution >= 4 is 15.9 Å². The van der Waals surface area contributed by atoms with E-state index in [0.29, 0.717) is 19.4 Å². The van der Waals surface area contributed by atoms with E-state index in [-0.39, 0.29) is 23.4 Å². The number of hydrogen-bond acceptors (Lipinski definition) is 6.